The number of likely N-dealkylation sites (tertiary alicyclic amines) is 1. The molecule has 5 rings (SSSR count). The second-order valence-electron chi connectivity index (χ2n) is 16.2. The van der Waals surface area contributed by atoms with Gasteiger partial charge >= 0.3 is 6.03 Å². The first-order valence-corrected chi connectivity index (χ1v) is 19.1. The van der Waals surface area contributed by atoms with Crippen molar-refractivity contribution in [3.8, 4) is 12.3 Å². The van der Waals surface area contributed by atoms with Crippen molar-refractivity contribution in [2.24, 2.45) is 23.2 Å². The summed E-state index contributed by atoms with van der Waals surface area (Å²) in [5.74, 6) is -2.07. The van der Waals surface area contributed by atoms with E-state index in [0.29, 0.717) is 24.0 Å². The summed E-state index contributed by atoms with van der Waals surface area (Å²) in [5.41, 5.74) is 2.10. The third-order valence-electron chi connectivity index (χ3n) is 11.3. The Balaban J connectivity index is 1.39. The summed E-state index contributed by atoms with van der Waals surface area (Å²) in [6.07, 6.45) is 8.04. The molecule has 4 N–H and O–H groups in total. The molecule has 0 radical (unpaired) electrons. The lowest BCUT2D eigenvalue weighted by atomic mass is 9.86. The Morgan fingerprint density at radius 1 is 0.929 bits per heavy atom. The number of urea groups is 1. The lowest BCUT2D eigenvalue weighted by Gasteiger charge is -2.36. The minimum absolute atomic E-state index is 0.0214. The summed E-state index contributed by atoms with van der Waals surface area (Å²) in [6.45, 7) is 13.1. The molecule has 56 heavy (non-hydrogen) atoms. The van der Waals surface area contributed by atoms with Gasteiger partial charge in [-0.2, -0.15) is 0 Å². The van der Waals surface area contributed by atoms with Crippen LogP contribution < -0.4 is 21.3 Å². The maximum Gasteiger partial charge on any atom is 0.315 e. The Kier molecular flexibility index (Phi) is 12.8. The zero-order valence-corrected chi connectivity index (χ0v) is 32.7. The number of rotatable bonds is 14. The molecule has 0 aromatic heterocycles. The van der Waals surface area contributed by atoms with Crippen LogP contribution in [-0.2, 0) is 32.0 Å². The van der Waals surface area contributed by atoms with Gasteiger partial charge in [0, 0.05) is 19.5 Å². The number of carbonyl (C=O) groups excluding carboxylic acids is 7. The molecular formula is C43H52N6O7. The van der Waals surface area contributed by atoms with Gasteiger partial charge in [0.05, 0.1) is 29.8 Å². The number of terminal acetylenes is 1. The maximum absolute atomic E-state index is 14.9. The Hall–Kier alpha value is -5.77. The summed E-state index contributed by atoms with van der Waals surface area (Å²) in [5, 5.41) is 11.1. The Morgan fingerprint density at radius 3 is 2.07 bits per heavy atom. The maximum atomic E-state index is 14.9. The quantitative estimate of drug-likeness (QED) is 0.0991. The average molecular weight is 765 g/mol. The van der Waals surface area contributed by atoms with Crippen LogP contribution in [0.4, 0.5) is 4.79 Å². The summed E-state index contributed by atoms with van der Waals surface area (Å²) in [4.78, 5) is 97.9. The van der Waals surface area contributed by atoms with E-state index in [1.807, 2.05) is 58.9 Å². The van der Waals surface area contributed by atoms with Crippen LogP contribution in [0, 0.1) is 35.5 Å². The van der Waals surface area contributed by atoms with E-state index in [1.54, 1.807) is 24.3 Å². The largest absolute Gasteiger partial charge is 0.346 e. The predicted octanol–water partition coefficient (Wildman–Crippen LogP) is 3.03. The van der Waals surface area contributed by atoms with Crippen LogP contribution >= 0.6 is 0 Å². The van der Waals surface area contributed by atoms with Gasteiger partial charge in [-0.25, -0.2) is 4.79 Å². The number of fused-ring (bicyclic) bond motifs is 2. The zero-order chi connectivity index (χ0) is 40.9. The number of Topliss-reactive ketones (excluding diaryl/α,β-unsaturated/α-hetero) is 1. The molecule has 1 aliphatic carbocycles. The molecule has 13 heteroatoms. The minimum atomic E-state index is -1.22. The van der Waals surface area contributed by atoms with Gasteiger partial charge in [0.25, 0.3) is 17.7 Å². The lowest BCUT2D eigenvalue weighted by Crippen LogP contribution is -2.61. The molecule has 2 heterocycles. The van der Waals surface area contributed by atoms with Crippen LogP contribution in [0.25, 0.3) is 0 Å². The van der Waals surface area contributed by atoms with Gasteiger partial charge in [-0.3, -0.25) is 33.7 Å². The standard InChI is InChI=1S/C43H52N6O7/c1-8-10-19-32(36(50)38(52)44-20-9-2)45-37(51)35-26(4)25(3)23-48(35)41(55)34(29-21-27-15-11-12-16-28(27)22-29)47-42(56)46-33(43(5,6)7)24-49-39(53)30-17-13-14-18-31(30)40(49)54/h1,9,11-18,25-26,29,32-35H,2,10,19-24H2,3-7H3,(H,44,52)(H,45,51)(H2,46,47,56)/t25-,26-,32?,33+,34-,35-/m0/s1. The van der Waals surface area contributed by atoms with E-state index < -0.39 is 70.9 Å². The molecule has 1 saturated heterocycles. The molecule has 13 nitrogen and oxygen atoms in total. The van der Waals surface area contributed by atoms with Crippen LogP contribution in [0.3, 0.4) is 0 Å². The first kappa shape index (κ1) is 41.4. The highest BCUT2D eigenvalue weighted by Gasteiger charge is 2.48. The summed E-state index contributed by atoms with van der Waals surface area (Å²) in [7, 11) is 0. The molecule has 1 fully saturated rings. The molecule has 2 aromatic rings. The lowest BCUT2D eigenvalue weighted by molar-refractivity contribution is -0.143. The molecule has 0 bridgehead atoms. The van der Waals surface area contributed by atoms with E-state index in [2.05, 4.69) is 33.8 Å². The van der Waals surface area contributed by atoms with Crippen LogP contribution in [0.15, 0.2) is 61.2 Å². The van der Waals surface area contributed by atoms with E-state index in [0.717, 1.165) is 16.0 Å². The van der Waals surface area contributed by atoms with Crippen LogP contribution in [0.5, 0.6) is 0 Å². The number of imide groups is 1. The van der Waals surface area contributed by atoms with Crippen molar-refractivity contribution in [1.29, 1.82) is 0 Å². The Morgan fingerprint density at radius 2 is 1.52 bits per heavy atom. The Bertz CT molecular complexity index is 1890. The molecule has 1 unspecified atom stereocenters. The van der Waals surface area contributed by atoms with Crippen molar-refractivity contribution in [3.63, 3.8) is 0 Å². The van der Waals surface area contributed by atoms with Crippen molar-refractivity contribution in [3.05, 3.63) is 83.4 Å². The molecule has 7 amide bonds. The number of carbonyl (C=O) groups is 7. The highest BCUT2D eigenvalue weighted by atomic mass is 16.2. The summed E-state index contributed by atoms with van der Waals surface area (Å²) in [6, 6.07) is 9.74. The van der Waals surface area contributed by atoms with E-state index in [9.17, 15) is 33.6 Å². The Labute approximate surface area is 328 Å². The molecule has 0 spiro atoms. The fourth-order valence-corrected chi connectivity index (χ4v) is 7.81. The normalized spacial score (nSPS) is 20.6. The van der Waals surface area contributed by atoms with Gasteiger partial charge in [-0.15, -0.1) is 18.9 Å². The number of benzene rings is 2. The van der Waals surface area contributed by atoms with Crippen molar-refractivity contribution in [1.82, 2.24) is 31.1 Å². The number of hydrogen-bond acceptors (Lipinski definition) is 7. The fourth-order valence-electron chi connectivity index (χ4n) is 7.81. The first-order valence-electron chi connectivity index (χ1n) is 19.1. The van der Waals surface area contributed by atoms with Crippen LogP contribution in [-0.4, -0.2) is 95.0 Å². The first-order chi connectivity index (χ1) is 26.6. The molecule has 0 saturated carbocycles. The highest BCUT2D eigenvalue weighted by molar-refractivity contribution is 6.38. The minimum Gasteiger partial charge on any atom is -0.346 e. The van der Waals surface area contributed by atoms with Gasteiger partial charge in [0.1, 0.15) is 12.1 Å². The molecule has 2 aromatic carbocycles. The van der Waals surface area contributed by atoms with E-state index >= 15 is 0 Å². The number of hydrogen-bond donors (Lipinski definition) is 4. The zero-order valence-electron chi connectivity index (χ0n) is 32.7. The van der Waals surface area contributed by atoms with E-state index in [1.165, 1.54) is 11.0 Å². The van der Waals surface area contributed by atoms with Crippen molar-refractivity contribution in [2.45, 2.75) is 84.5 Å². The number of nitrogens with one attached hydrogen (secondary N) is 4. The van der Waals surface area contributed by atoms with Crippen molar-refractivity contribution >= 4 is 41.4 Å². The summed E-state index contributed by atoms with van der Waals surface area (Å²) < 4.78 is 0. The second-order valence-corrected chi connectivity index (χ2v) is 16.2. The third kappa shape index (κ3) is 8.85. The van der Waals surface area contributed by atoms with Gasteiger partial charge in [0.2, 0.25) is 17.6 Å². The average Bonchev–Trinajstić information content (AvgIpc) is 3.81. The topological polar surface area (TPSA) is 174 Å². The molecule has 6 atom stereocenters. The number of nitrogens with zero attached hydrogens (tertiary/aromatic N) is 2. The van der Waals surface area contributed by atoms with Gasteiger partial charge in [-0.05, 0) is 65.7 Å². The fraction of sp³-hybridized carbons (Fsp3) is 0.465. The van der Waals surface area contributed by atoms with Crippen molar-refractivity contribution < 1.29 is 33.6 Å². The van der Waals surface area contributed by atoms with Gasteiger partial charge in [0.15, 0.2) is 0 Å². The van der Waals surface area contributed by atoms with Crippen LogP contribution in [0.2, 0.25) is 0 Å². The highest BCUT2D eigenvalue weighted by Crippen LogP contribution is 2.34. The summed E-state index contributed by atoms with van der Waals surface area (Å²) >= 11 is 0. The molecule has 2 aliphatic heterocycles. The van der Waals surface area contributed by atoms with Gasteiger partial charge < -0.3 is 26.2 Å². The third-order valence-corrected chi connectivity index (χ3v) is 11.3. The molecule has 296 valence electrons. The van der Waals surface area contributed by atoms with Crippen LogP contribution in [0.1, 0.15) is 79.3 Å². The smallest absolute Gasteiger partial charge is 0.315 e. The SMILES string of the molecule is C#CCCC(NC(=O)[C@@H]1[C@@H](C)[C@@H](C)CN1C(=O)[C@@H](NC(=O)N[C@H](CN1C(=O)c2ccccc2C1=O)C(C)(C)C)C1Cc2ccccc2C1)C(=O)C(=O)NCC=C. The monoisotopic (exact) mass is 764 g/mol. The second kappa shape index (κ2) is 17.4. The molecular weight excluding hydrogens is 713 g/mol. The number of ketones is 1. The predicted molar refractivity (Wildman–Crippen MR) is 210 cm³/mol. The van der Waals surface area contributed by atoms with E-state index in [-0.39, 0.29) is 50.2 Å². The number of amides is 7. The van der Waals surface area contributed by atoms with Gasteiger partial charge in [-0.1, -0.05) is 77.1 Å². The van der Waals surface area contributed by atoms with E-state index in [4.69, 9.17) is 6.42 Å². The molecule has 3 aliphatic rings. The van der Waals surface area contributed by atoms with Crippen molar-refractivity contribution in [2.75, 3.05) is 19.6 Å².